The van der Waals surface area contributed by atoms with Crippen molar-refractivity contribution in [2.24, 2.45) is 0 Å². The maximum absolute atomic E-state index is 11.8. The van der Waals surface area contributed by atoms with Crippen molar-refractivity contribution < 1.29 is 23.6 Å². The van der Waals surface area contributed by atoms with Crippen LogP contribution in [-0.2, 0) is 14.0 Å². The van der Waals surface area contributed by atoms with Gasteiger partial charge >= 0.3 is 13.2 Å². The third kappa shape index (κ3) is 5.88. The lowest BCUT2D eigenvalue weighted by molar-refractivity contribution is 0.00578. The molecule has 1 aromatic rings. The van der Waals surface area contributed by atoms with Crippen molar-refractivity contribution in [2.75, 3.05) is 6.61 Å². The predicted molar refractivity (Wildman–Crippen MR) is 106 cm³/mol. The molecule has 2 rings (SSSR count). The topological polar surface area (TPSA) is 66.0 Å². The molecular weight excluding hydrogens is 345 g/mol. The maximum Gasteiger partial charge on any atom is 0.494 e. The van der Waals surface area contributed by atoms with Gasteiger partial charge in [-0.1, -0.05) is 12.1 Å². The SMILES string of the molecule is CC(COc1ccc(B2OC(C)(C)C(C)(C)O2)cc1)NC(=O)OC(C)(C)C. The zero-order valence-corrected chi connectivity index (χ0v) is 17.7. The third-order valence-corrected chi connectivity index (χ3v) is 4.67. The number of ether oxygens (including phenoxy) is 2. The van der Waals surface area contributed by atoms with Crippen molar-refractivity contribution in [1.82, 2.24) is 5.32 Å². The van der Waals surface area contributed by atoms with Gasteiger partial charge in [-0.2, -0.15) is 0 Å². The van der Waals surface area contributed by atoms with Crippen LogP contribution in [0.3, 0.4) is 0 Å². The Hall–Kier alpha value is -1.73. The van der Waals surface area contributed by atoms with Crippen molar-refractivity contribution in [3.8, 4) is 5.75 Å². The highest BCUT2D eigenvalue weighted by Gasteiger charge is 2.51. The van der Waals surface area contributed by atoms with Crippen LogP contribution in [0.2, 0.25) is 0 Å². The van der Waals surface area contributed by atoms with Gasteiger partial charge in [0.25, 0.3) is 0 Å². The molecule has 1 aliphatic heterocycles. The average molecular weight is 377 g/mol. The van der Waals surface area contributed by atoms with Crippen LogP contribution in [0.4, 0.5) is 4.79 Å². The molecule has 0 saturated carbocycles. The Balaban J connectivity index is 1.85. The van der Waals surface area contributed by atoms with Crippen LogP contribution >= 0.6 is 0 Å². The molecule has 1 amide bonds. The second-order valence-electron chi connectivity index (χ2n) is 9.02. The van der Waals surface area contributed by atoms with E-state index in [1.165, 1.54) is 0 Å². The van der Waals surface area contributed by atoms with E-state index in [0.29, 0.717) is 12.4 Å². The van der Waals surface area contributed by atoms with Crippen LogP contribution in [0.15, 0.2) is 24.3 Å². The zero-order valence-electron chi connectivity index (χ0n) is 17.7. The van der Waals surface area contributed by atoms with Gasteiger partial charge in [0.2, 0.25) is 0 Å². The monoisotopic (exact) mass is 377 g/mol. The van der Waals surface area contributed by atoms with Gasteiger partial charge < -0.3 is 24.1 Å². The molecule has 7 heteroatoms. The summed E-state index contributed by atoms with van der Waals surface area (Å²) in [5.74, 6) is 0.716. The molecule has 6 nitrogen and oxygen atoms in total. The summed E-state index contributed by atoms with van der Waals surface area (Å²) in [7, 11) is -0.392. The number of rotatable bonds is 5. The first-order chi connectivity index (χ1) is 12.3. The molecule has 0 radical (unpaired) electrons. The Bertz CT molecular complexity index is 635. The number of alkyl carbamates (subject to hydrolysis) is 1. The van der Waals surface area contributed by atoms with Gasteiger partial charge in [0, 0.05) is 0 Å². The van der Waals surface area contributed by atoms with Crippen molar-refractivity contribution in [3.05, 3.63) is 24.3 Å². The molecule has 1 unspecified atom stereocenters. The molecule has 0 spiro atoms. The Labute approximate surface area is 163 Å². The van der Waals surface area contributed by atoms with E-state index in [1.54, 1.807) is 0 Å². The van der Waals surface area contributed by atoms with E-state index in [9.17, 15) is 4.79 Å². The van der Waals surface area contributed by atoms with Gasteiger partial charge in [0.05, 0.1) is 17.2 Å². The van der Waals surface area contributed by atoms with Gasteiger partial charge in [-0.15, -0.1) is 0 Å². The number of amides is 1. The fraction of sp³-hybridized carbons (Fsp3) is 0.650. The van der Waals surface area contributed by atoms with E-state index < -0.39 is 18.8 Å². The normalized spacial score (nSPS) is 19.5. The second-order valence-corrected chi connectivity index (χ2v) is 9.02. The van der Waals surface area contributed by atoms with Crippen LogP contribution in [-0.4, -0.2) is 42.7 Å². The number of benzene rings is 1. The van der Waals surface area contributed by atoms with E-state index in [0.717, 1.165) is 5.46 Å². The molecule has 1 aromatic carbocycles. The minimum atomic E-state index is -0.520. The van der Waals surface area contributed by atoms with Crippen LogP contribution in [0.1, 0.15) is 55.4 Å². The van der Waals surface area contributed by atoms with E-state index in [1.807, 2.05) is 79.7 Å². The molecule has 1 heterocycles. The highest BCUT2D eigenvalue weighted by molar-refractivity contribution is 6.62. The third-order valence-electron chi connectivity index (χ3n) is 4.67. The van der Waals surface area contributed by atoms with Crippen LogP contribution < -0.4 is 15.5 Å². The molecule has 1 atom stereocenters. The second kappa shape index (κ2) is 7.72. The molecule has 1 N–H and O–H groups in total. The highest BCUT2D eigenvalue weighted by atomic mass is 16.7. The summed E-state index contributed by atoms with van der Waals surface area (Å²) in [6, 6.07) is 7.44. The summed E-state index contributed by atoms with van der Waals surface area (Å²) in [6.45, 7) is 15.8. The van der Waals surface area contributed by atoms with Gasteiger partial charge in [0.1, 0.15) is 18.0 Å². The average Bonchev–Trinajstić information content (AvgIpc) is 2.72. The minimum absolute atomic E-state index is 0.178. The van der Waals surface area contributed by atoms with Gasteiger partial charge in [-0.25, -0.2) is 4.79 Å². The quantitative estimate of drug-likeness (QED) is 0.798. The smallest absolute Gasteiger partial charge is 0.491 e. The Kier molecular flexibility index (Phi) is 6.17. The Morgan fingerprint density at radius 3 is 2.11 bits per heavy atom. The van der Waals surface area contributed by atoms with Gasteiger partial charge in [0.15, 0.2) is 0 Å². The first kappa shape index (κ1) is 21.6. The predicted octanol–water partition coefficient (Wildman–Crippen LogP) is 3.28. The summed E-state index contributed by atoms with van der Waals surface area (Å²) in [6.07, 6.45) is -0.449. The highest BCUT2D eigenvalue weighted by Crippen LogP contribution is 2.36. The minimum Gasteiger partial charge on any atom is -0.491 e. The molecule has 150 valence electrons. The lowest BCUT2D eigenvalue weighted by atomic mass is 9.79. The zero-order chi connectivity index (χ0) is 20.5. The van der Waals surface area contributed by atoms with E-state index in [2.05, 4.69) is 5.32 Å². The van der Waals surface area contributed by atoms with Gasteiger partial charge in [-0.05, 0) is 73.0 Å². The molecule has 0 aromatic heterocycles. The molecule has 1 fully saturated rings. The Morgan fingerprint density at radius 1 is 1.11 bits per heavy atom. The van der Waals surface area contributed by atoms with E-state index >= 15 is 0 Å². The number of carbonyl (C=O) groups excluding carboxylic acids is 1. The van der Waals surface area contributed by atoms with Crippen LogP contribution in [0.5, 0.6) is 5.75 Å². The van der Waals surface area contributed by atoms with Crippen molar-refractivity contribution in [2.45, 2.75) is 78.2 Å². The Morgan fingerprint density at radius 2 is 1.63 bits per heavy atom. The lowest BCUT2D eigenvalue weighted by Gasteiger charge is -2.32. The number of carbonyl (C=O) groups is 1. The van der Waals surface area contributed by atoms with Crippen molar-refractivity contribution in [3.63, 3.8) is 0 Å². The molecule has 27 heavy (non-hydrogen) atoms. The molecule has 0 aliphatic carbocycles. The first-order valence-corrected chi connectivity index (χ1v) is 9.37. The molecular formula is C20H32BNO5. The van der Waals surface area contributed by atoms with Crippen molar-refractivity contribution in [1.29, 1.82) is 0 Å². The molecule has 1 aliphatic rings. The first-order valence-electron chi connectivity index (χ1n) is 9.37. The summed E-state index contributed by atoms with van der Waals surface area (Å²) in [4.78, 5) is 11.8. The summed E-state index contributed by atoms with van der Waals surface area (Å²) in [5.41, 5.74) is -0.305. The van der Waals surface area contributed by atoms with Crippen LogP contribution in [0.25, 0.3) is 0 Å². The summed E-state index contributed by atoms with van der Waals surface area (Å²) in [5, 5.41) is 2.75. The molecule has 1 saturated heterocycles. The van der Waals surface area contributed by atoms with E-state index in [-0.39, 0.29) is 17.2 Å². The standard InChI is InChI=1S/C20H32BNO5/c1-14(22-17(23)25-18(2,3)4)13-24-16-11-9-15(10-12-16)21-26-19(5,6)20(7,8)27-21/h9-12,14H,13H2,1-8H3,(H,22,23). The van der Waals surface area contributed by atoms with Crippen molar-refractivity contribution >= 4 is 18.7 Å². The van der Waals surface area contributed by atoms with E-state index in [4.69, 9.17) is 18.8 Å². The molecule has 0 bridgehead atoms. The van der Waals surface area contributed by atoms with Crippen LogP contribution in [0, 0.1) is 0 Å². The largest absolute Gasteiger partial charge is 0.494 e. The lowest BCUT2D eigenvalue weighted by Crippen LogP contribution is -2.41. The van der Waals surface area contributed by atoms with Gasteiger partial charge in [-0.3, -0.25) is 0 Å². The summed E-state index contributed by atoms with van der Waals surface area (Å²) < 4.78 is 23.1. The summed E-state index contributed by atoms with van der Waals surface area (Å²) >= 11 is 0. The fourth-order valence-corrected chi connectivity index (χ4v) is 2.47. The number of nitrogens with one attached hydrogen (secondary N) is 1. The fourth-order valence-electron chi connectivity index (χ4n) is 2.47. The number of hydrogen-bond donors (Lipinski definition) is 1. The maximum atomic E-state index is 11.8. The number of hydrogen-bond acceptors (Lipinski definition) is 5.